The predicted octanol–water partition coefficient (Wildman–Crippen LogP) is 6.01. The molecule has 13 nitrogen and oxygen atoms in total. The number of rotatable bonds is 9. The Kier molecular flexibility index (Phi) is 14.3. The number of aliphatic hydroxyl groups excluding tert-OH is 1. The summed E-state index contributed by atoms with van der Waals surface area (Å²) in [5.41, 5.74) is 5.94. The molecule has 1 aromatic carbocycles. The molecule has 0 unspecified atom stereocenters. The summed E-state index contributed by atoms with van der Waals surface area (Å²) >= 11 is 1.99. The van der Waals surface area contributed by atoms with Crippen molar-refractivity contribution in [2.24, 2.45) is 5.73 Å². The molecule has 5 aromatic rings. The third-order valence-electron chi connectivity index (χ3n) is 6.96. The molecule has 0 aliphatic heterocycles. The number of aromatic nitrogens is 6. The van der Waals surface area contributed by atoms with Crippen LogP contribution >= 0.6 is 23.4 Å². The molecule has 6 rings (SSSR count). The first-order valence-electron chi connectivity index (χ1n) is 15.3. The molecule has 0 atom stereocenters. The predicted molar refractivity (Wildman–Crippen MR) is 182 cm³/mol. The normalized spacial score (nSPS) is 12.7. The van der Waals surface area contributed by atoms with E-state index in [1.165, 1.54) is 22.2 Å². The molecule has 49 heavy (non-hydrogen) atoms. The second-order valence-corrected chi connectivity index (χ2v) is 12.0. The van der Waals surface area contributed by atoms with Gasteiger partial charge in [-0.15, -0.1) is 11.3 Å². The van der Waals surface area contributed by atoms with Crippen molar-refractivity contribution in [3.8, 4) is 22.0 Å². The van der Waals surface area contributed by atoms with E-state index in [1.807, 2.05) is 30.3 Å². The fraction of sp³-hybridized carbons (Fsp3) is 0.312. The van der Waals surface area contributed by atoms with Crippen molar-refractivity contribution in [2.75, 3.05) is 18.5 Å². The van der Waals surface area contributed by atoms with Gasteiger partial charge in [-0.25, -0.2) is 19.0 Å². The Morgan fingerprint density at radius 2 is 1.82 bits per heavy atom. The van der Waals surface area contributed by atoms with Crippen LogP contribution in [-0.4, -0.2) is 64.2 Å². The number of pyridine rings is 1. The van der Waals surface area contributed by atoms with Gasteiger partial charge in [-0.05, 0) is 44.0 Å². The van der Waals surface area contributed by atoms with Crippen LogP contribution in [0.4, 0.5) is 14.5 Å². The molecule has 1 amide bonds. The smallest absolute Gasteiger partial charge is 0.321 e. The molecule has 0 spiro atoms. The second-order valence-electron chi connectivity index (χ2n) is 10.5. The molecule has 17 heteroatoms. The Morgan fingerprint density at radius 1 is 1.08 bits per heavy atom. The first-order valence-corrected chi connectivity index (χ1v) is 17.0. The molecule has 0 radical (unpaired) electrons. The molecule has 1 saturated carbocycles. The second kappa shape index (κ2) is 18.8. The van der Waals surface area contributed by atoms with Crippen molar-refractivity contribution in [1.29, 1.82) is 0 Å². The lowest BCUT2D eigenvalue weighted by Crippen LogP contribution is -2.18. The first kappa shape index (κ1) is 37.3. The number of thiazole rings is 1. The van der Waals surface area contributed by atoms with Gasteiger partial charge >= 0.3 is 5.97 Å². The number of carbonyl (C=O) groups is 2. The maximum Gasteiger partial charge on any atom is 0.321 e. The maximum absolute atomic E-state index is 14.6. The molecule has 1 aliphatic rings. The summed E-state index contributed by atoms with van der Waals surface area (Å²) in [6, 6.07) is 11.4. The Hall–Kier alpha value is -4.55. The van der Waals surface area contributed by atoms with E-state index in [4.69, 9.17) is 20.1 Å². The van der Waals surface area contributed by atoms with E-state index >= 15 is 0 Å². The molecular formula is C32H36F2N8O5S2. The summed E-state index contributed by atoms with van der Waals surface area (Å²) < 4.78 is 45.0. The lowest BCUT2D eigenvalue weighted by molar-refractivity contribution is -0.146. The highest BCUT2D eigenvalue weighted by Gasteiger charge is 2.24. The standard InChI is InChI=1S/C24H24F2N8O3S.C6H6OS.C2H6O/c25-16-6-7-19(26)31-21(16)22-17(11-34(32-22)15-4-2-1-3-5-15)29-23(36)18-12-38-24(30-18)14-9-28-33(10-14)13-37-20(35)8-27;7-8-6-4-2-1-3-5-6;1-2-3/h6-7,9-12,15H,1-5,8,13,27H2,(H,29,36);1-5,7H;3H,2H2,1H3. The quantitative estimate of drug-likeness (QED) is 0.0797. The number of nitrogens with one attached hydrogen (secondary N) is 1. The van der Waals surface area contributed by atoms with Gasteiger partial charge in [0.05, 0.1) is 24.5 Å². The number of hydrogen-bond acceptors (Lipinski definition) is 12. The van der Waals surface area contributed by atoms with Gasteiger partial charge in [0.15, 0.2) is 12.5 Å². The van der Waals surface area contributed by atoms with E-state index in [0.29, 0.717) is 10.6 Å². The topological polar surface area (TPSA) is 183 Å². The van der Waals surface area contributed by atoms with Crippen LogP contribution in [-0.2, 0) is 16.3 Å². The third-order valence-corrected chi connectivity index (χ3v) is 8.33. The van der Waals surface area contributed by atoms with Crippen LogP contribution in [0.25, 0.3) is 22.0 Å². The number of aliphatic hydroxyl groups is 1. The van der Waals surface area contributed by atoms with E-state index < -0.39 is 23.6 Å². The zero-order valence-electron chi connectivity index (χ0n) is 26.5. The Labute approximate surface area is 289 Å². The molecule has 1 aliphatic carbocycles. The minimum Gasteiger partial charge on any atom is -0.441 e. The number of nitrogens with two attached hydrogens (primary N) is 1. The van der Waals surface area contributed by atoms with Gasteiger partial charge in [0.2, 0.25) is 5.95 Å². The van der Waals surface area contributed by atoms with Gasteiger partial charge < -0.3 is 25.4 Å². The first-order chi connectivity index (χ1) is 23.8. The summed E-state index contributed by atoms with van der Waals surface area (Å²) in [6.45, 7) is 1.59. The Bertz CT molecular complexity index is 1790. The van der Waals surface area contributed by atoms with Crippen LogP contribution in [0.5, 0.6) is 0 Å². The van der Waals surface area contributed by atoms with Crippen LogP contribution in [0.15, 0.2) is 71.3 Å². The zero-order chi connectivity index (χ0) is 35.2. The number of halogens is 2. The fourth-order valence-electron chi connectivity index (χ4n) is 4.70. The average Bonchev–Trinajstić information content (AvgIpc) is 3.90. The molecule has 260 valence electrons. The van der Waals surface area contributed by atoms with E-state index in [9.17, 15) is 18.4 Å². The zero-order valence-corrected chi connectivity index (χ0v) is 28.2. The van der Waals surface area contributed by atoms with Crippen molar-refractivity contribution in [3.05, 3.63) is 83.9 Å². The molecule has 0 saturated heterocycles. The minimum absolute atomic E-state index is 0.0460. The molecule has 1 fully saturated rings. The van der Waals surface area contributed by atoms with E-state index in [0.717, 1.165) is 61.2 Å². The molecular weight excluding hydrogens is 679 g/mol. The SMILES string of the molecule is CCO.NCC(=O)OCn1cc(-c2nc(C(=O)Nc3cn(C4CCCCC4)nc3-c3nc(F)ccc3F)cs2)cn1.OSc1ccccc1. The Morgan fingerprint density at radius 3 is 2.49 bits per heavy atom. The van der Waals surface area contributed by atoms with Crippen molar-refractivity contribution < 1.29 is 32.8 Å². The summed E-state index contributed by atoms with van der Waals surface area (Å²) in [5.74, 6) is -2.71. The van der Waals surface area contributed by atoms with Gasteiger partial charge in [-0.3, -0.25) is 14.3 Å². The average molecular weight is 715 g/mol. The third kappa shape index (κ3) is 10.7. The highest BCUT2D eigenvalue weighted by molar-refractivity contribution is 7.93. The lowest BCUT2D eigenvalue weighted by Gasteiger charge is -2.21. The van der Waals surface area contributed by atoms with Crippen LogP contribution in [0.1, 0.15) is 55.6 Å². The van der Waals surface area contributed by atoms with Crippen LogP contribution in [0, 0.1) is 11.8 Å². The van der Waals surface area contributed by atoms with Gasteiger partial charge in [-0.1, -0.05) is 37.5 Å². The van der Waals surface area contributed by atoms with Gasteiger partial charge in [-0.2, -0.15) is 14.6 Å². The minimum atomic E-state index is -0.853. The van der Waals surface area contributed by atoms with Crippen LogP contribution in [0.2, 0.25) is 0 Å². The van der Waals surface area contributed by atoms with E-state index in [2.05, 4.69) is 25.5 Å². The van der Waals surface area contributed by atoms with Gasteiger partial charge in [0.25, 0.3) is 5.91 Å². The number of hydrogen-bond donors (Lipinski definition) is 4. The number of esters is 1. The highest BCUT2D eigenvalue weighted by Crippen LogP contribution is 2.34. The number of carbonyl (C=O) groups excluding carboxylic acids is 2. The van der Waals surface area contributed by atoms with Crippen LogP contribution < -0.4 is 11.1 Å². The summed E-state index contributed by atoms with van der Waals surface area (Å²) in [7, 11) is 0. The van der Waals surface area contributed by atoms with Gasteiger partial charge in [0.1, 0.15) is 22.1 Å². The van der Waals surface area contributed by atoms with Crippen molar-refractivity contribution in [2.45, 2.75) is 56.7 Å². The summed E-state index contributed by atoms with van der Waals surface area (Å²) in [4.78, 5) is 33.3. The molecule has 4 heterocycles. The van der Waals surface area contributed by atoms with Crippen LogP contribution in [0.3, 0.4) is 0 Å². The molecule has 5 N–H and O–H groups in total. The fourth-order valence-corrected chi connectivity index (χ4v) is 5.75. The van der Waals surface area contributed by atoms with Crippen molar-refractivity contribution in [1.82, 2.24) is 29.5 Å². The lowest BCUT2D eigenvalue weighted by atomic mass is 9.96. The number of ether oxygens (including phenoxy) is 1. The number of anilines is 1. The monoisotopic (exact) mass is 714 g/mol. The number of nitrogens with zero attached hydrogens (tertiary/aromatic N) is 6. The van der Waals surface area contributed by atoms with E-state index in [-0.39, 0.29) is 48.7 Å². The van der Waals surface area contributed by atoms with Crippen molar-refractivity contribution in [3.63, 3.8) is 0 Å². The van der Waals surface area contributed by atoms with Gasteiger partial charge in [0, 0.05) is 46.9 Å². The number of benzene rings is 1. The highest BCUT2D eigenvalue weighted by atomic mass is 32.2. The van der Waals surface area contributed by atoms with Crippen molar-refractivity contribution >= 4 is 40.9 Å². The Balaban J connectivity index is 0.000000422. The van der Waals surface area contributed by atoms with E-state index in [1.54, 1.807) is 29.4 Å². The maximum atomic E-state index is 14.6. The number of amides is 1. The molecule has 4 aromatic heterocycles. The summed E-state index contributed by atoms with van der Waals surface area (Å²) in [5, 5.41) is 21.0. The largest absolute Gasteiger partial charge is 0.441 e. The summed E-state index contributed by atoms with van der Waals surface area (Å²) in [6.07, 6.45) is 9.82. The molecule has 0 bridgehead atoms.